The van der Waals surface area contributed by atoms with Crippen LogP contribution >= 0.6 is 0 Å². The SMILES string of the molecule is CNC(C1CC1)C(C)(C)N1CCCCCC1. The van der Waals surface area contributed by atoms with Crippen LogP contribution in [0.1, 0.15) is 52.4 Å². The van der Waals surface area contributed by atoms with E-state index in [0.717, 1.165) is 5.92 Å². The molecular weight excluding hydrogens is 196 g/mol. The summed E-state index contributed by atoms with van der Waals surface area (Å²) in [5.74, 6) is 0.934. The fourth-order valence-electron chi connectivity index (χ4n) is 3.44. The highest BCUT2D eigenvalue weighted by atomic mass is 15.2. The van der Waals surface area contributed by atoms with E-state index in [1.54, 1.807) is 0 Å². The van der Waals surface area contributed by atoms with Crippen molar-refractivity contribution in [2.45, 2.75) is 64.0 Å². The summed E-state index contributed by atoms with van der Waals surface area (Å²) in [5, 5.41) is 3.58. The van der Waals surface area contributed by atoms with E-state index in [4.69, 9.17) is 0 Å². The summed E-state index contributed by atoms with van der Waals surface area (Å²) in [6.45, 7) is 7.49. The van der Waals surface area contributed by atoms with E-state index in [0.29, 0.717) is 11.6 Å². The van der Waals surface area contributed by atoms with Gasteiger partial charge < -0.3 is 5.32 Å². The number of nitrogens with one attached hydrogen (secondary N) is 1. The Morgan fingerprint density at radius 1 is 1.06 bits per heavy atom. The topological polar surface area (TPSA) is 15.3 Å². The first-order valence-corrected chi connectivity index (χ1v) is 7.08. The van der Waals surface area contributed by atoms with E-state index in [2.05, 4.69) is 31.1 Å². The highest BCUT2D eigenvalue weighted by Gasteiger charge is 2.43. The second-order valence-corrected chi connectivity index (χ2v) is 6.16. The first-order valence-electron chi connectivity index (χ1n) is 7.08. The Balaban J connectivity index is 2.02. The van der Waals surface area contributed by atoms with Crippen molar-refractivity contribution < 1.29 is 0 Å². The molecular formula is C14H28N2. The van der Waals surface area contributed by atoms with Gasteiger partial charge in [0.1, 0.15) is 0 Å². The zero-order valence-electron chi connectivity index (χ0n) is 11.3. The third-order valence-electron chi connectivity index (χ3n) is 4.59. The number of hydrogen-bond donors (Lipinski definition) is 1. The number of hydrogen-bond acceptors (Lipinski definition) is 2. The Morgan fingerprint density at radius 3 is 2.06 bits per heavy atom. The molecule has 1 aliphatic heterocycles. The van der Waals surface area contributed by atoms with E-state index in [1.807, 2.05) is 0 Å². The van der Waals surface area contributed by atoms with Gasteiger partial charge in [0.05, 0.1) is 0 Å². The fraction of sp³-hybridized carbons (Fsp3) is 1.00. The van der Waals surface area contributed by atoms with E-state index in [9.17, 15) is 0 Å². The molecule has 1 saturated heterocycles. The highest BCUT2D eigenvalue weighted by Crippen LogP contribution is 2.39. The quantitative estimate of drug-likeness (QED) is 0.790. The highest BCUT2D eigenvalue weighted by molar-refractivity contribution is 5.01. The first-order chi connectivity index (χ1) is 7.66. The molecule has 0 spiro atoms. The Labute approximate surface area is 101 Å². The van der Waals surface area contributed by atoms with E-state index in [-0.39, 0.29) is 0 Å². The van der Waals surface area contributed by atoms with Gasteiger partial charge in [-0.1, -0.05) is 12.8 Å². The molecule has 2 nitrogen and oxygen atoms in total. The lowest BCUT2D eigenvalue weighted by molar-refractivity contribution is 0.0781. The maximum atomic E-state index is 3.58. The predicted octanol–water partition coefficient (Wildman–Crippen LogP) is 2.64. The fourth-order valence-corrected chi connectivity index (χ4v) is 3.44. The minimum Gasteiger partial charge on any atom is -0.315 e. The average Bonchev–Trinajstić information content (AvgIpc) is 3.04. The third-order valence-corrected chi connectivity index (χ3v) is 4.59. The summed E-state index contributed by atoms with van der Waals surface area (Å²) in [6.07, 6.45) is 8.51. The molecule has 1 atom stereocenters. The maximum absolute atomic E-state index is 3.58. The lowest BCUT2D eigenvalue weighted by Crippen LogP contribution is -2.58. The van der Waals surface area contributed by atoms with Crippen LogP contribution < -0.4 is 5.32 Å². The van der Waals surface area contributed by atoms with E-state index >= 15 is 0 Å². The van der Waals surface area contributed by atoms with Crippen molar-refractivity contribution in [3.63, 3.8) is 0 Å². The van der Waals surface area contributed by atoms with Gasteiger partial charge in [0, 0.05) is 11.6 Å². The largest absolute Gasteiger partial charge is 0.315 e. The van der Waals surface area contributed by atoms with Crippen molar-refractivity contribution >= 4 is 0 Å². The first kappa shape index (κ1) is 12.4. The van der Waals surface area contributed by atoms with Crippen molar-refractivity contribution in [3.05, 3.63) is 0 Å². The van der Waals surface area contributed by atoms with Gasteiger partial charge in [0.2, 0.25) is 0 Å². The molecule has 2 heteroatoms. The molecule has 1 unspecified atom stereocenters. The maximum Gasteiger partial charge on any atom is 0.0308 e. The van der Waals surface area contributed by atoms with Crippen molar-refractivity contribution in [3.8, 4) is 0 Å². The van der Waals surface area contributed by atoms with Gasteiger partial charge in [-0.05, 0) is 65.6 Å². The second-order valence-electron chi connectivity index (χ2n) is 6.16. The summed E-state index contributed by atoms with van der Waals surface area (Å²) < 4.78 is 0. The summed E-state index contributed by atoms with van der Waals surface area (Å²) in [6, 6.07) is 0.686. The van der Waals surface area contributed by atoms with Crippen LogP contribution in [0.2, 0.25) is 0 Å². The molecule has 0 amide bonds. The predicted molar refractivity (Wildman–Crippen MR) is 69.7 cm³/mol. The Morgan fingerprint density at radius 2 is 1.62 bits per heavy atom. The number of rotatable bonds is 4. The molecule has 16 heavy (non-hydrogen) atoms. The lowest BCUT2D eigenvalue weighted by Gasteiger charge is -2.44. The average molecular weight is 224 g/mol. The summed E-state index contributed by atoms with van der Waals surface area (Å²) in [7, 11) is 2.14. The summed E-state index contributed by atoms with van der Waals surface area (Å²) >= 11 is 0. The van der Waals surface area contributed by atoms with Crippen LogP contribution in [0.3, 0.4) is 0 Å². The van der Waals surface area contributed by atoms with Crippen molar-refractivity contribution in [1.82, 2.24) is 10.2 Å². The van der Waals surface area contributed by atoms with Crippen LogP contribution in [0.15, 0.2) is 0 Å². The molecule has 0 radical (unpaired) electrons. The van der Waals surface area contributed by atoms with Gasteiger partial charge in [0.15, 0.2) is 0 Å². The van der Waals surface area contributed by atoms with Gasteiger partial charge in [-0.2, -0.15) is 0 Å². The molecule has 1 aliphatic carbocycles. The molecule has 94 valence electrons. The molecule has 1 heterocycles. The minimum atomic E-state index is 0.334. The van der Waals surface area contributed by atoms with Gasteiger partial charge >= 0.3 is 0 Å². The second kappa shape index (κ2) is 5.05. The van der Waals surface area contributed by atoms with Crippen LogP contribution in [0.25, 0.3) is 0 Å². The normalized spacial score (nSPS) is 26.4. The zero-order valence-corrected chi connectivity index (χ0v) is 11.3. The van der Waals surface area contributed by atoms with Gasteiger partial charge in [0.25, 0.3) is 0 Å². The van der Waals surface area contributed by atoms with Gasteiger partial charge in [-0.25, -0.2) is 0 Å². The van der Waals surface area contributed by atoms with Crippen LogP contribution in [-0.2, 0) is 0 Å². The minimum absolute atomic E-state index is 0.334. The molecule has 0 bridgehead atoms. The van der Waals surface area contributed by atoms with E-state index in [1.165, 1.54) is 51.6 Å². The van der Waals surface area contributed by atoms with E-state index < -0.39 is 0 Å². The molecule has 1 N–H and O–H groups in total. The van der Waals surface area contributed by atoms with Crippen molar-refractivity contribution in [2.24, 2.45) is 5.92 Å². The molecule has 0 aromatic carbocycles. The Bertz CT molecular complexity index is 213. The molecule has 0 aromatic heterocycles. The van der Waals surface area contributed by atoms with Crippen molar-refractivity contribution in [1.29, 1.82) is 0 Å². The summed E-state index contributed by atoms with van der Waals surface area (Å²) in [4.78, 5) is 2.74. The Kier molecular flexibility index (Phi) is 3.91. The summed E-state index contributed by atoms with van der Waals surface area (Å²) in [5.41, 5.74) is 0.334. The number of likely N-dealkylation sites (tertiary alicyclic amines) is 1. The third kappa shape index (κ3) is 2.60. The molecule has 0 aromatic rings. The smallest absolute Gasteiger partial charge is 0.0308 e. The zero-order chi connectivity index (χ0) is 11.6. The Hall–Kier alpha value is -0.0800. The van der Waals surface area contributed by atoms with Crippen LogP contribution in [0.5, 0.6) is 0 Å². The standard InChI is InChI=1S/C14H28N2/c1-14(2,13(15-3)12-8-9-12)16-10-6-4-5-7-11-16/h12-13,15H,4-11H2,1-3H3. The van der Waals surface area contributed by atoms with Crippen LogP contribution in [0.4, 0.5) is 0 Å². The molecule has 2 rings (SSSR count). The molecule has 2 aliphatic rings. The van der Waals surface area contributed by atoms with Crippen LogP contribution in [-0.4, -0.2) is 36.6 Å². The van der Waals surface area contributed by atoms with Crippen LogP contribution in [0, 0.1) is 5.92 Å². The number of nitrogens with zero attached hydrogens (tertiary/aromatic N) is 1. The van der Waals surface area contributed by atoms with Gasteiger partial charge in [-0.3, -0.25) is 4.90 Å². The lowest BCUT2D eigenvalue weighted by atomic mass is 9.88. The molecule has 2 fully saturated rings. The van der Waals surface area contributed by atoms with Crippen molar-refractivity contribution in [2.75, 3.05) is 20.1 Å². The monoisotopic (exact) mass is 224 g/mol. The number of likely N-dealkylation sites (N-methyl/N-ethyl adjacent to an activating group) is 1. The molecule has 1 saturated carbocycles. The van der Waals surface area contributed by atoms with Gasteiger partial charge in [-0.15, -0.1) is 0 Å².